The third-order valence-electron chi connectivity index (χ3n) is 7.37. The number of phenols is 1. The van der Waals surface area contributed by atoms with Crippen LogP contribution in [0.4, 0.5) is 5.69 Å². The van der Waals surface area contributed by atoms with Gasteiger partial charge in [0.1, 0.15) is 17.0 Å². The molecule has 3 aromatic rings. The van der Waals surface area contributed by atoms with Gasteiger partial charge in [0.05, 0.1) is 17.5 Å². The van der Waals surface area contributed by atoms with Crippen molar-refractivity contribution in [2.45, 2.75) is 31.8 Å². The van der Waals surface area contributed by atoms with Crippen LogP contribution in [-0.2, 0) is 25.6 Å². The third kappa shape index (κ3) is 4.53. The van der Waals surface area contributed by atoms with E-state index in [1.54, 1.807) is 55.5 Å². The van der Waals surface area contributed by atoms with Crippen LogP contribution < -0.4 is 15.0 Å². The summed E-state index contributed by atoms with van der Waals surface area (Å²) in [5, 5.41) is 23.8. The molecule has 0 spiro atoms. The van der Waals surface area contributed by atoms with Gasteiger partial charge in [0.25, 0.3) is 0 Å². The number of aromatic hydroxyl groups is 1. The summed E-state index contributed by atoms with van der Waals surface area (Å²) < 4.78 is 5.10. The lowest BCUT2D eigenvalue weighted by atomic mass is 9.76. The number of carboxylic acids is 1. The SMILES string of the molecule is CC(=O)Oc1ccc(C2NC(Cc3ccc(O)cc3)(C(=O)O)C3C(=O)N(c4ccc(C)c(Cl)c4)C(=O)C23)cc1. The number of imide groups is 1. The van der Waals surface area contributed by atoms with Crippen molar-refractivity contribution in [2.24, 2.45) is 11.8 Å². The van der Waals surface area contributed by atoms with Gasteiger partial charge in [0.2, 0.25) is 11.8 Å². The number of carbonyl (C=O) groups is 4. The van der Waals surface area contributed by atoms with E-state index >= 15 is 0 Å². The Morgan fingerprint density at radius 2 is 1.69 bits per heavy atom. The molecular weight excluding hydrogens is 524 g/mol. The highest BCUT2D eigenvalue weighted by Crippen LogP contribution is 2.51. The highest BCUT2D eigenvalue weighted by molar-refractivity contribution is 6.32. The van der Waals surface area contributed by atoms with Crippen LogP contribution in [0.25, 0.3) is 0 Å². The Bertz CT molecular complexity index is 1490. The summed E-state index contributed by atoms with van der Waals surface area (Å²) in [5.41, 5.74) is 0.308. The topological polar surface area (TPSA) is 133 Å². The number of halogens is 1. The Morgan fingerprint density at radius 3 is 2.28 bits per heavy atom. The maximum atomic E-state index is 14.0. The molecule has 2 amide bonds. The first-order valence-corrected chi connectivity index (χ1v) is 12.6. The molecule has 2 fully saturated rings. The third-order valence-corrected chi connectivity index (χ3v) is 7.78. The van der Waals surface area contributed by atoms with E-state index in [2.05, 4.69) is 5.32 Å². The van der Waals surface area contributed by atoms with Crippen molar-refractivity contribution in [3.8, 4) is 11.5 Å². The second-order valence-electron chi connectivity index (χ2n) is 9.85. The second kappa shape index (κ2) is 9.83. The fourth-order valence-corrected chi connectivity index (χ4v) is 5.72. The van der Waals surface area contributed by atoms with Crippen molar-refractivity contribution in [1.29, 1.82) is 0 Å². The Kier molecular flexibility index (Phi) is 6.65. The number of carboxylic acid groups (broad SMARTS) is 1. The number of aliphatic carboxylic acids is 1. The van der Waals surface area contributed by atoms with Crippen LogP contribution in [-0.4, -0.2) is 39.5 Å². The van der Waals surface area contributed by atoms with Crippen LogP contribution in [0, 0.1) is 18.8 Å². The van der Waals surface area contributed by atoms with Crippen molar-refractivity contribution in [3.63, 3.8) is 0 Å². The van der Waals surface area contributed by atoms with Gasteiger partial charge in [-0.2, -0.15) is 0 Å². The molecule has 200 valence electrons. The number of aryl methyl sites for hydroxylation is 1. The molecule has 0 aliphatic carbocycles. The monoisotopic (exact) mass is 548 g/mol. The number of nitrogens with zero attached hydrogens (tertiary/aromatic N) is 1. The van der Waals surface area contributed by atoms with Crippen LogP contribution in [0.3, 0.4) is 0 Å². The Morgan fingerprint density at radius 1 is 1.03 bits per heavy atom. The van der Waals surface area contributed by atoms with E-state index in [-0.39, 0.29) is 17.9 Å². The fraction of sp³-hybridized carbons (Fsp3) is 0.241. The lowest BCUT2D eigenvalue weighted by molar-refractivity contribution is -0.148. The number of hydrogen-bond acceptors (Lipinski definition) is 7. The number of carbonyl (C=O) groups excluding carboxylic acids is 3. The number of benzene rings is 3. The van der Waals surface area contributed by atoms with Gasteiger partial charge in [-0.15, -0.1) is 0 Å². The van der Waals surface area contributed by atoms with Gasteiger partial charge in [-0.1, -0.05) is 41.9 Å². The minimum atomic E-state index is -1.84. The first-order valence-electron chi connectivity index (χ1n) is 12.2. The van der Waals surface area contributed by atoms with E-state index in [0.717, 1.165) is 10.5 Å². The minimum absolute atomic E-state index is 0.0145. The smallest absolute Gasteiger partial charge is 0.325 e. The van der Waals surface area contributed by atoms with Crippen LogP contribution in [0.15, 0.2) is 66.7 Å². The Balaban J connectivity index is 1.62. The fourth-order valence-electron chi connectivity index (χ4n) is 5.54. The maximum Gasteiger partial charge on any atom is 0.325 e. The van der Waals surface area contributed by atoms with Crippen molar-refractivity contribution < 1.29 is 34.1 Å². The normalized spacial score (nSPS) is 24.1. The molecule has 0 bridgehead atoms. The number of amides is 2. The number of ether oxygens (including phenoxy) is 1. The van der Waals surface area contributed by atoms with E-state index in [4.69, 9.17) is 16.3 Å². The van der Waals surface area contributed by atoms with Gasteiger partial charge < -0.3 is 14.9 Å². The molecule has 0 radical (unpaired) electrons. The number of phenolic OH excluding ortho intramolecular Hbond substituents is 1. The summed E-state index contributed by atoms with van der Waals surface area (Å²) in [6, 6.07) is 16.4. The van der Waals surface area contributed by atoms with Gasteiger partial charge in [0, 0.05) is 24.4 Å². The van der Waals surface area contributed by atoms with Crippen LogP contribution in [0.2, 0.25) is 5.02 Å². The number of fused-ring (bicyclic) bond motifs is 1. The van der Waals surface area contributed by atoms with Crippen molar-refractivity contribution >= 4 is 41.0 Å². The zero-order valence-corrected chi connectivity index (χ0v) is 21.8. The summed E-state index contributed by atoms with van der Waals surface area (Å²) in [7, 11) is 0. The number of rotatable bonds is 6. The summed E-state index contributed by atoms with van der Waals surface area (Å²) in [5.74, 6) is -4.93. The van der Waals surface area contributed by atoms with Gasteiger partial charge >= 0.3 is 11.9 Å². The molecule has 0 aromatic heterocycles. The maximum absolute atomic E-state index is 14.0. The summed E-state index contributed by atoms with van der Waals surface area (Å²) >= 11 is 6.30. The van der Waals surface area contributed by atoms with Crippen LogP contribution in [0.1, 0.15) is 29.7 Å². The molecule has 4 unspecified atom stereocenters. The molecule has 2 saturated heterocycles. The highest BCUT2D eigenvalue weighted by Gasteiger charge is 2.68. The zero-order valence-electron chi connectivity index (χ0n) is 21.1. The lowest BCUT2D eigenvalue weighted by Gasteiger charge is -2.31. The molecule has 2 heterocycles. The van der Waals surface area contributed by atoms with Crippen LogP contribution in [0.5, 0.6) is 11.5 Å². The standard InChI is InChI=1S/C29H25ClN2O7/c1-15-3-8-19(13-22(15)30)32-26(35)23-24(27(32)36)29(28(37)38,14-17-4-9-20(34)10-5-17)31-25(23)18-6-11-21(12-7-18)39-16(2)33/h3-13,23-25,31,34H,14H2,1-2H3,(H,37,38). The van der Waals surface area contributed by atoms with E-state index < -0.39 is 47.2 Å². The van der Waals surface area contributed by atoms with Crippen molar-refractivity contribution in [2.75, 3.05) is 4.90 Å². The van der Waals surface area contributed by atoms with Gasteiger partial charge in [-0.3, -0.25) is 24.5 Å². The van der Waals surface area contributed by atoms with E-state index in [9.17, 15) is 29.4 Å². The Labute approximate surface area is 229 Å². The molecule has 0 saturated carbocycles. The molecular formula is C29H25ClN2O7. The van der Waals surface area contributed by atoms with Crippen LogP contribution >= 0.6 is 11.6 Å². The average molecular weight is 549 g/mol. The molecule has 39 heavy (non-hydrogen) atoms. The molecule has 10 heteroatoms. The highest BCUT2D eigenvalue weighted by atomic mass is 35.5. The summed E-state index contributed by atoms with van der Waals surface area (Å²) in [4.78, 5) is 53.3. The summed E-state index contributed by atoms with van der Waals surface area (Å²) in [6.45, 7) is 3.07. The van der Waals surface area contributed by atoms with E-state index in [1.165, 1.54) is 25.1 Å². The zero-order chi connectivity index (χ0) is 28.1. The number of hydrogen-bond donors (Lipinski definition) is 3. The van der Waals surface area contributed by atoms with Crippen molar-refractivity contribution in [1.82, 2.24) is 5.32 Å². The molecule has 5 rings (SSSR count). The first-order chi connectivity index (χ1) is 18.5. The van der Waals surface area contributed by atoms with Gasteiger partial charge in [-0.25, -0.2) is 4.90 Å². The minimum Gasteiger partial charge on any atom is -0.508 e. The predicted molar refractivity (Wildman–Crippen MR) is 141 cm³/mol. The molecule has 2 aliphatic heterocycles. The lowest BCUT2D eigenvalue weighted by Crippen LogP contribution is -2.57. The number of nitrogens with one attached hydrogen (secondary N) is 1. The molecule has 9 nitrogen and oxygen atoms in total. The van der Waals surface area contributed by atoms with Gasteiger partial charge in [-0.05, 0) is 60.0 Å². The van der Waals surface area contributed by atoms with Gasteiger partial charge in [0.15, 0.2) is 0 Å². The second-order valence-corrected chi connectivity index (χ2v) is 10.3. The van der Waals surface area contributed by atoms with E-state index in [1.807, 2.05) is 0 Å². The largest absolute Gasteiger partial charge is 0.508 e. The molecule has 2 aliphatic rings. The molecule has 3 aromatic carbocycles. The molecule has 4 atom stereocenters. The van der Waals surface area contributed by atoms with Crippen molar-refractivity contribution in [3.05, 3.63) is 88.4 Å². The predicted octanol–water partition coefficient (Wildman–Crippen LogP) is 3.80. The quantitative estimate of drug-likeness (QED) is 0.241. The summed E-state index contributed by atoms with van der Waals surface area (Å²) in [6.07, 6.45) is -0.118. The average Bonchev–Trinajstić information content (AvgIpc) is 3.36. The number of anilines is 1. The van der Waals surface area contributed by atoms with E-state index in [0.29, 0.717) is 21.9 Å². The Hall–Kier alpha value is -4.21. The number of esters is 1. The first kappa shape index (κ1) is 26.4. The molecule has 3 N–H and O–H groups in total.